The third kappa shape index (κ3) is 17.6. The van der Waals surface area contributed by atoms with Gasteiger partial charge in [-0.25, -0.2) is 0 Å². The lowest BCUT2D eigenvalue weighted by atomic mass is 10.1. The van der Waals surface area contributed by atoms with Crippen LogP contribution in [0, 0.1) is 0 Å². The number of rotatable bonds is 18. The number of primary amides is 1. The highest BCUT2D eigenvalue weighted by atomic mass is 16.5. The summed E-state index contributed by atoms with van der Waals surface area (Å²) >= 11 is 0. The normalized spacial score (nSPS) is 11.5. The molecule has 6 N–H and O–H groups in total. The predicted octanol–water partition coefficient (Wildman–Crippen LogP) is -1.98. The fraction of sp³-hybridized carbons (Fsp3) is 0.778. The molecule has 29 heavy (non-hydrogen) atoms. The monoisotopic (exact) mass is 417 g/mol. The molecule has 0 saturated heterocycles. The summed E-state index contributed by atoms with van der Waals surface area (Å²) in [7, 11) is 1.84. The van der Waals surface area contributed by atoms with Gasteiger partial charge in [0.25, 0.3) is 0 Å². The molecule has 0 heterocycles. The first kappa shape index (κ1) is 26.8. The van der Waals surface area contributed by atoms with Gasteiger partial charge in [0.05, 0.1) is 19.8 Å². The highest BCUT2D eigenvalue weighted by Crippen LogP contribution is 2.01. The Morgan fingerprint density at radius 2 is 1.62 bits per heavy atom. The molecule has 4 amide bonds. The van der Waals surface area contributed by atoms with Crippen LogP contribution in [0.2, 0.25) is 0 Å². The molecule has 0 aromatic carbocycles. The van der Waals surface area contributed by atoms with Crippen LogP contribution in [-0.2, 0) is 28.7 Å². The van der Waals surface area contributed by atoms with E-state index in [0.717, 1.165) is 6.54 Å². The van der Waals surface area contributed by atoms with E-state index in [2.05, 4.69) is 21.3 Å². The largest absolute Gasteiger partial charge is 0.378 e. The Morgan fingerprint density at radius 1 is 0.897 bits per heavy atom. The van der Waals surface area contributed by atoms with Crippen LogP contribution in [0.1, 0.15) is 32.6 Å². The Labute approximate surface area is 171 Å². The van der Waals surface area contributed by atoms with Gasteiger partial charge in [-0.1, -0.05) is 0 Å². The molecule has 0 aliphatic heterocycles. The zero-order valence-electron chi connectivity index (χ0n) is 17.4. The van der Waals surface area contributed by atoms with Crippen molar-refractivity contribution in [2.24, 2.45) is 5.73 Å². The summed E-state index contributed by atoms with van der Waals surface area (Å²) < 4.78 is 10.5. The number of likely N-dealkylation sites (N-methyl/N-ethyl adjacent to an activating group) is 1. The van der Waals surface area contributed by atoms with Crippen molar-refractivity contribution in [2.45, 2.75) is 38.6 Å². The summed E-state index contributed by atoms with van der Waals surface area (Å²) in [6.07, 6.45) is 1.67. The van der Waals surface area contributed by atoms with Crippen LogP contribution >= 0.6 is 0 Å². The van der Waals surface area contributed by atoms with Crippen molar-refractivity contribution in [1.29, 1.82) is 0 Å². The van der Waals surface area contributed by atoms with Crippen LogP contribution in [-0.4, -0.2) is 82.8 Å². The number of amides is 4. The average molecular weight is 418 g/mol. The molecular formula is C18H35N5O6. The van der Waals surface area contributed by atoms with Gasteiger partial charge in [0, 0.05) is 33.0 Å². The van der Waals surface area contributed by atoms with Crippen molar-refractivity contribution in [3.05, 3.63) is 0 Å². The fourth-order valence-corrected chi connectivity index (χ4v) is 2.22. The quantitative estimate of drug-likeness (QED) is 0.162. The van der Waals surface area contributed by atoms with E-state index in [4.69, 9.17) is 15.2 Å². The molecule has 0 aromatic rings. The summed E-state index contributed by atoms with van der Waals surface area (Å²) in [5, 5.41) is 10.7. The SMILES string of the molecule is CNCCOCCOCC(=O)NCCCCC(NC(=O)CCNC(C)=O)C(N)=O. The van der Waals surface area contributed by atoms with E-state index in [1.807, 2.05) is 7.05 Å². The third-order valence-corrected chi connectivity index (χ3v) is 3.75. The standard InChI is InChI=1S/C18H35N5O6/c1-14(24)21-8-6-16(25)23-15(18(19)27)5-3-4-7-22-17(26)13-29-12-11-28-10-9-20-2/h15,20H,3-13H2,1-2H3,(H2,19,27)(H,21,24)(H,22,26)(H,23,25). The number of hydrogen-bond donors (Lipinski definition) is 5. The molecule has 11 nitrogen and oxygen atoms in total. The van der Waals surface area contributed by atoms with Crippen molar-refractivity contribution in [1.82, 2.24) is 21.3 Å². The Kier molecular flexibility index (Phi) is 16.5. The molecule has 0 saturated carbocycles. The molecular weight excluding hydrogens is 382 g/mol. The molecule has 0 aliphatic rings. The van der Waals surface area contributed by atoms with Gasteiger partial charge in [-0.15, -0.1) is 0 Å². The Morgan fingerprint density at radius 3 is 2.28 bits per heavy atom. The Bertz CT molecular complexity index is 503. The minimum atomic E-state index is -0.776. The van der Waals surface area contributed by atoms with Crippen LogP contribution in [0.4, 0.5) is 0 Å². The summed E-state index contributed by atoms with van der Waals surface area (Å²) in [6, 6.07) is -0.776. The van der Waals surface area contributed by atoms with E-state index in [1.165, 1.54) is 6.92 Å². The van der Waals surface area contributed by atoms with E-state index >= 15 is 0 Å². The summed E-state index contributed by atoms with van der Waals surface area (Å²) in [5.41, 5.74) is 5.31. The lowest BCUT2D eigenvalue weighted by Gasteiger charge is -2.15. The first-order chi connectivity index (χ1) is 13.9. The molecule has 1 unspecified atom stereocenters. The van der Waals surface area contributed by atoms with Gasteiger partial charge < -0.3 is 36.5 Å². The van der Waals surface area contributed by atoms with Crippen LogP contribution < -0.4 is 27.0 Å². The van der Waals surface area contributed by atoms with Gasteiger partial charge in [0.2, 0.25) is 23.6 Å². The van der Waals surface area contributed by atoms with Crippen molar-refractivity contribution < 1.29 is 28.7 Å². The number of carbonyl (C=O) groups excluding carboxylic acids is 4. The number of hydrogen-bond acceptors (Lipinski definition) is 7. The summed E-state index contributed by atoms with van der Waals surface area (Å²) in [4.78, 5) is 45.6. The maximum absolute atomic E-state index is 11.8. The first-order valence-electron chi connectivity index (χ1n) is 9.76. The number of nitrogens with two attached hydrogens (primary N) is 1. The average Bonchev–Trinajstić information content (AvgIpc) is 2.65. The number of carbonyl (C=O) groups is 4. The molecule has 0 aliphatic carbocycles. The van der Waals surface area contributed by atoms with Gasteiger partial charge in [0.15, 0.2) is 0 Å². The molecule has 0 rings (SSSR count). The molecule has 1 atom stereocenters. The minimum Gasteiger partial charge on any atom is -0.378 e. The third-order valence-electron chi connectivity index (χ3n) is 3.75. The zero-order chi connectivity index (χ0) is 21.9. The van der Waals surface area contributed by atoms with E-state index in [1.54, 1.807) is 0 Å². The van der Waals surface area contributed by atoms with E-state index in [0.29, 0.717) is 45.6 Å². The van der Waals surface area contributed by atoms with Crippen LogP contribution in [0.5, 0.6) is 0 Å². The smallest absolute Gasteiger partial charge is 0.245 e. The van der Waals surface area contributed by atoms with E-state index in [-0.39, 0.29) is 37.3 Å². The van der Waals surface area contributed by atoms with Crippen molar-refractivity contribution >= 4 is 23.6 Å². The molecule has 0 spiro atoms. The van der Waals surface area contributed by atoms with Crippen LogP contribution in [0.15, 0.2) is 0 Å². The van der Waals surface area contributed by atoms with Crippen LogP contribution in [0.3, 0.4) is 0 Å². The second-order valence-corrected chi connectivity index (χ2v) is 6.37. The van der Waals surface area contributed by atoms with Crippen molar-refractivity contribution in [3.8, 4) is 0 Å². The first-order valence-corrected chi connectivity index (χ1v) is 9.76. The highest BCUT2D eigenvalue weighted by Gasteiger charge is 2.17. The zero-order valence-corrected chi connectivity index (χ0v) is 17.4. The molecule has 0 bridgehead atoms. The lowest BCUT2D eigenvalue weighted by molar-refractivity contribution is -0.127. The second kappa shape index (κ2) is 17.8. The molecule has 0 aromatic heterocycles. The number of unbranched alkanes of at least 4 members (excludes halogenated alkanes) is 1. The number of ether oxygens (including phenoxy) is 2. The maximum Gasteiger partial charge on any atom is 0.245 e. The highest BCUT2D eigenvalue weighted by molar-refractivity contribution is 5.86. The van der Waals surface area contributed by atoms with Gasteiger partial charge in [0.1, 0.15) is 12.6 Å². The second-order valence-electron chi connectivity index (χ2n) is 6.37. The van der Waals surface area contributed by atoms with E-state index in [9.17, 15) is 19.2 Å². The van der Waals surface area contributed by atoms with Gasteiger partial charge in [-0.3, -0.25) is 19.2 Å². The van der Waals surface area contributed by atoms with Gasteiger partial charge in [-0.05, 0) is 26.3 Å². The Balaban J connectivity index is 3.77. The van der Waals surface area contributed by atoms with Gasteiger partial charge in [-0.2, -0.15) is 0 Å². The minimum absolute atomic E-state index is 0.0380. The number of nitrogens with one attached hydrogen (secondary N) is 4. The topological polar surface area (TPSA) is 161 Å². The van der Waals surface area contributed by atoms with Crippen LogP contribution in [0.25, 0.3) is 0 Å². The predicted molar refractivity (Wildman–Crippen MR) is 107 cm³/mol. The molecule has 11 heteroatoms. The molecule has 0 radical (unpaired) electrons. The van der Waals surface area contributed by atoms with E-state index < -0.39 is 11.9 Å². The Hall–Kier alpha value is -2.24. The summed E-state index contributed by atoms with van der Waals surface area (Å²) in [6.45, 7) is 4.08. The van der Waals surface area contributed by atoms with Crippen molar-refractivity contribution in [2.75, 3.05) is 53.1 Å². The molecule has 168 valence electrons. The van der Waals surface area contributed by atoms with Crippen molar-refractivity contribution in [3.63, 3.8) is 0 Å². The maximum atomic E-state index is 11.8. The lowest BCUT2D eigenvalue weighted by Crippen LogP contribution is -2.45. The molecule has 0 fully saturated rings. The fourth-order valence-electron chi connectivity index (χ4n) is 2.22. The summed E-state index contributed by atoms with van der Waals surface area (Å²) in [5.74, 6) is -1.43. The van der Waals surface area contributed by atoms with Gasteiger partial charge >= 0.3 is 0 Å².